The summed E-state index contributed by atoms with van der Waals surface area (Å²) in [5.74, 6) is 1.50. The zero-order chi connectivity index (χ0) is 18.3. The van der Waals surface area contributed by atoms with Crippen LogP contribution < -0.4 is 9.47 Å². The molecule has 1 aliphatic carbocycles. The fraction of sp³-hybridized carbons (Fsp3) is 0.450. The summed E-state index contributed by atoms with van der Waals surface area (Å²) in [5, 5.41) is 11.9. The molecule has 4 nitrogen and oxygen atoms in total. The molecule has 2 heterocycles. The predicted molar refractivity (Wildman–Crippen MR) is 101 cm³/mol. The van der Waals surface area contributed by atoms with E-state index < -0.39 is 6.10 Å². The molecular weight excluding hydrogens is 373 g/mol. The van der Waals surface area contributed by atoms with Crippen LogP contribution in [0.1, 0.15) is 48.5 Å². The minimum Gasteiger partial charge on any atom is -0.493 e. The number of benzene rings is 1. The average molecular weight is 394 g/mol. The van der Waals surface area contributed by atoms with E-state index in [4.69, 9.17) is 32.7 Å². The lowest BCUT2D eigenvalue weighted by molar-refractivity contribution is 0.0995. The maximum atomic E-state index is 10.9. The second-order valence-corrected chi connectivity index (χ2v) is 7.95. The van der Waals surface area contributed by atoms with E-state index in [0.717, 1.165) is 41.9 Å². The van der Waals surface area contributed by atoms with Gasteiger partial charge in [-0.1, -0.05) is 29.3 Å². The molecule has 1 atom stereocenters. The van der Waals surface area contributed by atoms with Crippen molar-refractivity contribution in [1.29, 1.82) is 0 Å². The third kappa shape index (κ3) is 3.04. The highest BCUT2D eigenvalue weighted by atomic mass is 35.5. The number of hydrogen-bond donors (Lipinski definition) is 1. The third-order valence-corrected chi connectivity index (χ3v) is 6.17. The highest BCUT2D eigenvalue weighted by Gasteiger charge is 2.44. The van der Waals surface area contributed by atoms with Gasteiger partial charge in [0.2, 0.25) is 0 Å². The summed E-state index contributed by atoms with van der Waals surface area (Å²) in [4.78, 5) is 3.97. The minimum atomic E-state index is -0.729. The number of ether oxygens (including phenoxy) is 2. The molecule has 1 aromatic carbocycles. The van der Waals surface area contributed by atoms with Crippen LogP contribution in [0.15, 0.2) is 24.5 Å². The molecule has 1 unspecified atom stereocenters. The number of halogens is 2. The van der Waals surface area contributed by atoms with Crippen LogP contribution >= 0.6 is 23.2 Å². The van der Waals surface area contributed by atoms with Gasteiger partial charge in [0.15, 0.2) is 11.5 Å². The standard InChI is InChI=1S/C20H21Cl2NO3/c1-25-18-5-4-12(14-9-20(26-19(14)18)6-2-3-7-20)17(24)8-13-15(21)10-23-11-16(13)22/h4-5,10-11,17,24H,2-3,6-9H2,1H3. The smallest absolute Gasteiger partial charge is 0.165 e. The Bertz CT molecular complexity index is 814. The van der Waals surface area contributed by atoms with Crippen molar-refractivity contribution in [2.75, 3.05) is 7.11 Å². The Morgan fingerprint density at radius 1 is 1.23 bits per heavy atom. The Kier molecular flexibility index (Phi) is 4.76. The largest absolute Gasteiger partial charge is 0.493 e. The maximum Gasteiger partial charge on any atom is 0.165 e. The van der Waals surface area contributed by atoms with Crippen molar-refractivity contribution in [2.45, 2.75) is 50.2 Å². The molecule has 1 aromatic heterocycles. The van der Waals surface area contributed by atoms with E-state index in [1.807, 2.05) is 12.1 Å². The molecule has 4 rings (SSSR count). The second-order valence-electron chi connectivity index (χ2n) is 7.14. The van der Waals surface area contributed by atoms with Crippen molar-refractivity contribution in [3.8, 4) is 11.5 Å². The number of pyridine rings is 1. The normalized spacial score (nSPS) is 18.6. The molecule has 0 saturated heterocycles. The van der Waals surface area contributed by atoms with Crippen LogP contribution in [-0.4, -0.2) is 22.8 Å². The van der Waals surface area contributed by atoms with Gasteiger partial charge in [-0.15, -0.1) is 0 Å². The summed E-state index contributed by atoms with van der Waals surface area (Å²) < 4.78 is 11.9. The van der Waals surface area contributed by atoms with Gasteiger partial charge in [-0.05, 0) is 42.9 Å². The molecule has 6 heteroatoms. The number of aliphatic hydroxyl groups is 1. The molecule has 1 saturated carbocycles. The lowest BCUT2D eigenvalue weighted by Crippen LogP contribution is -2.30. The van der Waals surface area contributed by atoms with E-state index in [1.54, 1.807) is 19.5 Å². The van der Waals surface area contributed by atoms with Gasteiger partial charge < -0.3 is 14.6 Å². The summed E-state index contributed by atoms with van der Waals surface area (Å²) in [7, 11) is 1.64. The van der Waals surface area contributed by atoms with E-state index in [-0.39, 0.29) is 5.60 Å². The molecule has 1 spiro atoms. The van der Waals surface area contributed by atoms with Crippen molar-refractivity contribution in [1.82, 2.24) is 4.98 Å². The number of fused-ring (bicyclic) bond motifs is 1. The Balaban J connectivity index is 1.69. The molecule has 26 heavy (non-hydrogen) atoms. The molecular formula is C20H21Cl2NO3. The van der Waals surface area contributed by atoms with Crippen LogP contribution in [0.5, 0.6) is 11.5 Å². The molecule has 138 valence electrons. The van der Waals surface area contributed by atoms with Crippen LogP contribution in [0.2, 0.25) is 10.0 Å². The molecule has 1 fully saturated rings. The van der Waals surface area contributed by atoms with Gasteiger partial charge in [-0.3, -0.25) is 4.98 Å². The number of aliphatic hydroxyl groups excluding tert-OH is 1. The van der Waals surface area contributed by atoms with E-state index in [2.05, 4.69) is 4.98 Å². The highest BCUT2D eigenvalue weighted by molar-refractivity contribution is 6.35. The number of rotatable bonds is 4. The third-order valence-electron chi connectivity index (χ3n) is 5.52. The van der Waals surface area contributed by atoms with E-state index in [1.165, 1.54) is 12.8 Å². The Morgan fingerprint density at radius 3 is 2.58 bits per heavy atom. The van der Waals surface area contributed by atoms with Gasteiger partial charge in [-0.2, -0.15) is 0 Å². The van der Waals surface area contributed by atoms with Gasteiger partial charge in [0.05, 0.1) is 23.3 Å². The minimum absolute atomic E-state index is 0.141. The predicted octanol–water partition coefficient (Wildman–Crippen LogP) is 4.92. The summed E-state index contributed by atoms with van der Waals surface area (Å²) in [6, 6.07) is 3.78. The first kappa shape index (κ1) is 17.9. The number of aromatic nitrogens is 1. The Labute approximate surface area is 163 Å². The van der Waals surface area contributed by atoms with Gasteiger partial charge >= 0.3 is 0 Å². The topological polar surface area (TPSA) is 51.6 Å². The van der Waals surface area contributed by atoms with Crippen molar-refractivity contribution in [3.05, 3.63) is 51.3 Å². The first-order valence-corrected chi connectivity index (χ1v) is 9.63. The fourth-order valence-electron chi connectivity index (χ4n) is 4.20. The Hall–Kier alpha value is -1.49. The lowest BCUT2D eigenvalue weighted by atomic mass is 9.89. The number of nitrogens with zero attached hydrogens (tertiary/aromatic N) is 1. The van der Waals surface area contributed by atoms with Crippen LogP contribution in [0.4, 0.5) is 0 Å². The number of methoxy groups -OCH3 is 1. The molecule has 1 N–H and O–H groups in total. The molecule has 2 aromatic rings. The fourth-order valence-corrected chi connectivity index (χ4v) is 4.72. The summed E-state index contributed by atoms with van der Waals surface area (Å²) >= 11 is 12.4. The van der Waals surface area contributed by atoms with E-state index in [9.17, 15) is 5.11 Å². The van der Waals surface area contributed by atoms with Crippen LogP contribution in [0.3, 0.4) is 0 Å². The van der Waals surface area contributed by atoms with Crippen molar-refractivity contribution < 1.29 is 14.6 Å². The van der Waals surface area contributed by atoms with Crippen molar-refractivity contribution in [3.63, 3.8) is 0 Å². The molecule has 0 bridgehead atoms. The van der Waals surface area contributed by atoms with Gasteiger partial charge in [-0.25, -0.2) is 0 Å². The first-order valence-electron chi connectivity index (χ1n) is 8.88. The second kappa shape index (κ2) is 6.91. The highest BCUT2D eigenvalue weighted by Crippen LogP contribution is 2.50. The molecule has 0 radical (unpaired) electrons. The van der Waals surface area contributed by atoms with Crippen LogP contribution in [0, 0.1) is 0 Å². The zero-order valence-corrected chi connectivity index (χ0v) is 16.1. The lowest BCUT2D eigenvalue weighted by Gasteiger charge is -2.22. The van der Waals surface area contributed by atoms with Gasteiger partial charge in [0.1, 0.15) is 5.60 Å². The van der Waals surface area contributed by atoms with E-state index in [0.29, 0.717) is 22.0 Å². The maximum absolute atomic E-state index is 10.9. The SMILES string of the molecule is COc1ccc(C(O)Cc2c(Cl)cncc2Cl)c2c1OC1(CCCC1)C2. The van der Waals surface area contributed by atoms with Crippen molar-refractivity contribution >= 4 is 23.2 Å². The monoisotopic (exact) mass is 393 g/mol. The van der Waals surface area contributed by atoms with Gasteiger partial charge in [0.25, 0.3) is 0 Å². The number of hydrogen-bond acceptors (Lipinski definition) is 4. The van der Waals surface area contributed by atoms with Gasteiger partial charge in [0, 0.05) is 30.8 Å². The summed E-state index contributed by atoms with van der Waals surface area (Å²) in [6.45, 7) is 0. The molecule has 1 aliphatic heterocycles. The summed E-state index contributed by atoms with van der Waals surface area (Å²) in [6.07, 6.45) is 7.94. The Morgan fingerprint density at radius 2 is 1.92 bits per heavy atom. The van der Waals surface area contributed by atoms with Crippen LogP contribution in [0.25, 0.3) is 0 Å². The zero-order valence-electron chi connectivity index (χ0n) is 14.6. The van der Waals surface area contributed by atoms with Crippen molar-refractivity contribution in [2.24, 2.45) is 0 Å². The quantitative estimate of drug-likeness (QED) is 0.800. The average Bonchev–Trinajstić information content (AvgIpc) is 3.23. The molecule has 2 aliphatic rings. The van der Waals surface area contributed by atoms with E-state index >= 15 is 0 Å². The first-order chi connectivity index (χ1) is 12.5. The summed E-state index contributed by atoms with van der Waals surface area (Å²) in [5.41, 5.74) is 2.46. The molecule has 0 amide bonds. The van der Waals surface area contributed by atoms with Crippen LogP contribution in [-0.2, 0) is 12.8 Å².